The first-order valence-electron chi connectivity index (χ1n) is 3.91. The molecule has 0 fully saturated rings. The van der Waals surface area contributed by atoms with Gasteiger partial charge in [0.05, 0.1) is 4.92 Å². The van der Waals surface area contributed by atoms with Crippen molar-refractivity contribution in [2.24, 2.45) is 0 Å². The van der Waals surface area contributed by atoms with Crippen LogP contribution < -0.4 is 4.74 Å². The second kappa shape index (κ2) is 4.17. The number of benzene rings is 1. The molecule has 0 spiro atoms. The molecule has 8 heteroatoms. The van der Waals surface area contributed by atoms with Crippen LogP contribution in [0.4, 0.5) is 18.9 Å². The molecular weight excluding hydrogens is 251 g/mol. The lowest BCUT2D eigenvalue weighted by Gasteiger charge is -2.10. The van der Waals surface area contributed by atoms with Gasteiger partial charge >= 0.3 is 12.0 Å². The standard InChI is InChI=1S/C8H5ClF3NO3/c1-4-2-5(9)7(13(14)15)6(3-4)16-8(10,11)12/h2-3H,1H3. The van der Waals surface area contributed by atoms with Crippen molar-refractivity contribution in [1.29, 1.82) is 0 Å². The minimum Gasteiger partial charge on any atom is -0.398 e. The molecule has 0 amide bonds. The Balaban J connectivity index is 3.30. The SMILES string of the molecule is Cc1cc(Cl)c([N+](=O)[O-])c(OC(F)(F)F)c1. The number of ether oxygens (including phenoxy) is 1. The summed E-state index contributed by atoms with van der Waals surface area (Å²) in [6.07, 6.45) is -5.00. The fourth-order valence-electron chi connectivity index (χ4n) is 1.08. The molecule has 0 bridgehead atoms. The summed E-state index contributed by atoms with van der Waals surface area (Å²) in [6, 6.07) is 2.08. The van der Waals surface area contributed by atoms with E-state index in [1.807, 2.05) is 0 Å². The number of rotatable bonds is 2. The average Bonchev–Trinajstić information content (AvgIpc) is 1.96. The molecule has 0 aliphatic heterocycles. The van der Waals surface area contributed by atoms with Gasteiger partial charge in [-0.2, -0.15) is 0 Å². The Kier molecular flexibility index (Phi) is 3.27. The Bertz CT molecular complexity index is 433. The van der Waals surface area contributed by atoms with E-state index in [9.17, 15) is 23.3 Å². The van der Waals surface area contributed by atoms with Gasteiger partial charge in [-0.3, -0.25) is 10.1 Å². The number of hydrogen-bond acceptors (Lipinski definition) is 3. The van der Waals surface area contributed by atoms with Gasteiger partial charge in [-0.15, -0.1) is 13.2 Å². The fourth-order valence-corrected chi connectivity index (χ4v) is 1.42. The highest BCUT2D eigenvalue weighted by Crippen LogP contribution is 2.38. The Morgan fingerprint density at radius 3 is 2.44 bits per heavy atom. The van der Waals surface area contributed by atoms with Crippen molar-refractivity contribution in [2.75, 3.05) is 0 Å². The molecule has 0 radical (unpaired) electrons. The molecule has 1 aromatic rings. The number of nitro groups is 1. The van der Waals surface area contributed by atoms with E-state index in [4.69, 9.17) is 11.6 Å². The summed E-state index contributed by atoms with van der Waals surface area (Å²) in [5, 5.41) is 10.1. The van der Waals surface area contributed by atoms with Crippen molar-refractivity contribution >= 4 is 17.3 Å². The molecule has 0 N–H and O–H groups in total. The first-order valence-corrected chi connectivity index (χ1v) is 4.29. The molecule has 0 aromatic heterocycles. The third-order valence-corrected chi connectivity index (χ3v) is 1.87. The summed E-state index contributed by atoms with van der Waals surface area (Å²) in [7, 11) is 0. The van der Waals surface area contributed by atoms with Gasteiger partial charge in [0.15, 0.2) is 0 Å². The van der Waals surface area contributed by atoms with E-state index in [1.54, 1.807) is 0 Å². The van der Waals surface area contributed by atoms with Crippen LogP contribution in [0.1, 0.15) is 5.56 Å². The van der Waals surface area contributed by atoms with Crippen molar-refractivity contribution in [2.45, 2.75) is 13.3 Å². The van der Waals surface area contributed by atoms with Gasteiger partial charge in [-0.25, -0.2) is 0 Å². The molecule has 0 aliphatic carbocycles. The number of nitrogens with zero attached hydrogens (tertiary/aromatic N) is 1. The van der Waals surface area contributed by atoms with Crippen LogP contribution in [0.15, 0.2) is 12.1 Å². The van der Waals surface area contributed by atoms with Crippen LogP contribution in [0.25, 0.3) is 0 Å². The Morgan fingerprint density at radius 1 is 1.44 bits per heavy atom. The predicted molar refractivity (Wildman–Crippen MR) is 49.5 cm³/mol. The van der Waals surface area contributed by atoms with Crippen LogP contribution >= 0.6 is 11.6 Å². The zero-order valence-electron chi connectivity index (χ0n) is 7.84. The van der Waals surface area contributed by atoms with Crippen LogP contribution in [0.2, 0.25) is 5.02 Å². The molecule has 0 saturated heterocycles. The maximum Gasteiger partial charge on any atom is 0.573 e. The summed E-state index contributed by atoms with van der Waals surface area (Å²) in [5.74, 6) is -0.914. The third-order valence-electron chi connectivity index (χ3n) is 1.58. The van der Waals surface area contributed by atoms with Crippen molar-refractivity contribution in [1.82, 2.24) is 0 Å². The van der Waals surface area contributed by atoms with E-state index in [1.165, 1.54) is 13.0 Å². The number of aryl methyl sites for hydroxylation is 1. The summed E-state index contributed by atoms with van der Waals surface area (Å²) >= 11 is 5.47. The van der Waals surface area contributed by atoms with Gasteiger partial charge in [-0.05, 0) is 24.6 Å². The smallest absolute Gasteiger partial charge is 0.398 e. The molecule has 1 rings (SSSR count). The Morgan fingerprint density at radius 2 is 2.00 bits per heavy atom. The molecule has 0 aliphatic rings. The van der Waals surface area contributed by atoms with Gasteiger partial charge in [0.1, 0.15) is 5.02 Å². The summed E-state index contributed by atoms with van der Waals surface area (Å²) in [5.41, 5.74) is -0.570. The van der Waals surface area contributed by atoms with Crippen LogP contribution in [0.3, 0.4) is 0 Å². The number of halogens is 4. The lowest BCUT2D eigenvalue weighted by Crippen LogP contribution is -2.18. The normalized spacial score (nSPS) is 11.3. The lowest BCUT2D eigenvalue weighted by molar-refractivity contribution is -0.388. The topological polar surface area (TPSA) is 52.4 Å². The summed E-state index contributed by atoms with van der Waals surface area (Å²) in [4.78, 5) is 9.49. The highest BCUT2D eigenvalue weighted by molar-refractivity contribution is 6.33. The molecule has 1 aromatic carbocycles. The molecule has 16 heavy (non-hydrogen) atoms. The molecular formula is C8H5ClF3NO3. The van der Waals surface area contributed by atoms with Crippen molar-refractivity contribution in [3.63, 3.8) is 0 Å². The van der Waals surface area contributed by atoms with Crippen molar-refractivity contribution in [3.8, 4) is 5.75 Å². The van der Waals surface area contributed by atoms with Crippen LogP contribution in [0.5, 0.6) is 5.75 Å². The lowest BCUT2D eigenvalue weighted by atomic mass is 10.2. The van der Waals surface area contributed by atoms with E-state index < -0.39 is 27.7 Å². The highest BCUT2D eigenvalue weighted by Gasteiger charge is 2.35. The van der Waals surface area contributed by atoms with Crippen molar-refractivity contribution < 1.29 is 22.8 Å². The number of alkyl halides is 3. The first-order chi connectivity index (χ1) is 7.20. The fraction of sp³-hybridized carbons (Fsp3) is 0.250. The zero-order valence-corrected chi connectivity index (χ0v) is 8.59. The van der Waals surface area contributed by atoms with Crippen LogP contribution in [0, 0.1) is 17.0 Å². The van der Waals surface area contributed by atoms with E-state index >= 15 is 0 Å². The minimum atomic E-state index is -5.00. The zero-order chi connectivity index (χ0) is 12.5. The number of nitro benzene ring substituents is 1. The third kappa shape index (κ3) is 2.99. The number of hydrogen-bond donors (Lipinski definition) is 0. The highest BCUT2D eigenvalue weighted by atomic mass is 35.5. The molecule has 0 atom stereocenters. The van der Waals surface area contributed by atoms with Gasteiger partial charge in [-0.1, -0.05) is 11.6 Å². The average molecular weight is 256 g/mol. The van der Waals surface area contributed by atoms with Gasteiger partial charge in [0.25, 0.3) is 0 Å². The second-order valence-corrected chi connectivity index (χ2v) is 3.31. The van der Waals surface area contributed by atoms with E-state index in [-0.39, 0.29) is 0 Å². The molecule has 4 nitrogen and oxygen atoms in total. The quantitative estimate of drug-likeness (QED) is 0.601. The Labute approximate surface area is 92.7 Å². The summed E-state index contributed by atoms with van der Waals surface area (Å²) in [6.45, 7) is 1.44. The minimum absolute atomic E-state index is 0.329. The maximum atomic E-state index is 12.0. The van der Waals surface area contributed by atoms with E-state index in [0.717, 1.165) is 6.07 Å². The van der Waals surface area contributed by atoms with Crippen LogP contribution in [-0.4, -0.2) is 11.3 Å². The molecule has 0 heterocycles. The predicted octanol–water partition coefficient (Wildman–Crippen LogP) is 3.46. The van der Waals surface area contributed by atoms with Crippen LogP contribution in [-0.2, 0) is 0 Å². The first kappa shape index (κ1) is 12.6. The molecule has 0 unspecified atom stereocenters. The summed E-state index contributed by atoms with van der Waals surface area (Å²) < 4.78 is 39.4. The maximum absolute atomic E-state index is 12.0. The second-order valence-electron chi connectivity index (χ2n) is 2.90. The van der Waals surface area contributed by atoms with Gasteiger partial charge < -0.3 is 4.74 Å². The molecule has 0 saturated carbocycles. The largest absolute Gasteiger partial charge is 0.573 e. The van der Waals surface area contributed by atoms with Gasteiger partial charge in [0.2, 0.25) is 5.75 Å². The van der Waals surface area contributed by atoms with Crippen molar-refractivity contribution in [3.05, 3.63) is 32.8 Å². The van der Waals surface area contributed by atoms with E-state index in [2.05, 4.69) is 4.74 Å². The van der Waals surface area contributed by atoms with Gasteiger partial charge in [0, 0.05) is 0 Å². The molecule has 88 valence electrons. The van der Waals surface area contributed by atoms with E-state index in [0.29, 0.717) is 5.56 Å². The monoisotopic (exact) mass is 255 g/mol. The Hall–Kier alpha value is -1.50.